The van der Waals surface area contributed by atoms with Crippen molar-refractivity contribution in [2.24, 2.45) is 28.6 Å². The van der Waals surface area contributed by atoms with Gasteiger partial charge in [-0.15, -0.1) is 0 Å². The summed E-state index contributed by atoms with van der Waals surface area (Å²) < 4.78 is 17.9. The number of carbonyl (C=O) groups is 4. The van der Waals surface area contributed by atoms with Crippen molar-refractivity contribution in [3.63, 3.8) is 0 Å². The Hall–Kier alpha value is -2.62. The largest absolute Gasteiger partial charge is 0.455 e. The molecule has 1 heterocycles. The number of Topliss-reactive ketones (excluding diaryl/α,β-unsaturated/α-hetero) is 2. The number of fused-ring (bicyclic) bond motifs is 5. The van der Waals surface area contributed by atoms with Crippen LogP contribution < -0.4 is 0 Å². The van der Waals surface area contributed by atoms with Gasteiger partial charge in [0.2, 0.25) is 11.6 Å². The van der Waals surface area contributed by atoms with Crippen LogP contribution in [0.3, 0.4) is 0 Å². The molecule has 1 saturated heterocycles. The van der Waals surface area contributed by atoms with Gasteiger partial charge in [-0.1, -0.05) is 45.9 Å². The summed E-state index contributed by atoms with van der Waals surface area (Å²) >= 11 is 0. The Morgan fingerprint density at radius 1 is 1.11 bits per heavy atom. The first kappa shape index (κ1) is 27.0. The van der Waals surface area contributed by atoms with Gasteiger partial charge in [0.15, 0.2) is 5.60 Å². The number of aliphatic hydroxyl groups excluding tert-OH is 1. The SMILES string of the molecule is CC(=O)O[C@@]12CO[C@@H]1CC[C@@]1(C)C(=O)C(=O)C3C(C)[C@@H](O)C[C@@](O)([C@H](OC(=O)c4ccccc4)[C@H]21)C3(C)C. The molecule has 9 nitrogen and oxygen atoms in total. The Labute approximate surface area is 221 Å². The van der Waals surface area contributed by atoms with E-state index in [-0.39, 0.29) is 25.0 Å². The molecule has 1 aliphatic heterocycles. The van der Waals surface area contributed by atoms with E-state index in [1.54, 1.807) is 58.0 Å². The number of esters is 2. The van der Waals surface area contributed by atoms with Crippen molar-refractivity contribution in [3.8, 4) is 0 Å². The van der Waals surface area contributed by atoms with E-state index in [0.717, 1.165) is 0 Å². The van der Waals surface area contributed by atoms with Crippen molar-refractivity contribution in [1.82, 2.24) is 0 Å². The average Bonchev–Trinajstić information content (AvgIpc) is 2.84. The molecule has 1 aromatic rings. The Bertz CT molecular complexity index is 1180. The van der Waals surface area contributed by atoms with Gasteiger partial charge in [-0.05, 0) is 30.9 Å². The molecule has 2 unspecified atom stereocenters. The molecule has 9 heteroatoms. The molecule has 2 bridgehead atoms. The van der Waals surface area contributed by atoms with E-state index in [9.17, 15) is 29.4 Å². The van der Waals surface area contributed by atoms with Gasteiger partial charge in [0.1, 0.15) is 17.8 Å². The first-order valence-corrected chi connectivity index (χ1v) is 13.3. The van der Waals surface area contributed by atoms with Crippen LogP contribution in [0.1, 0.15) is 64.2 Å². The molecule has 3 aliphatic carbocycles. The van der Waals surface area contributed by atoms with Crippen LogP contribution in [0, 0.1) is 28.6 Å². The predicted octanol–water partition coefficient (Wildman–Crippen LogP) is 2.25. The van der Waals surface area contributed by atoms with Gasteiger partial charge < -0.3 is 24.4 Å². The maximum atomic E-state index is 14.2. The minimum absolute atomic E-state index is 0.0722. The maximum absolute atomic E-state index is 14.2. The van der Waals surface area contributed by atoms with Crippen molar-refractivity contribution in [1.29, 1.82) is 0 Å². The molecule has 5 rings (SSSR count). The molecule has 4 aliphatic rings. The molecule has 206 valence electrons. The van der Waals surface area contributed by atoms with E-state index in [1.165, 1.54) is 6.92 Å². The topological polar surface area (TPSA) is 136 Å². The lowest BCUT2D eigenvalue weighted by atomic mass is 9.43. The summed E-state index contributed by atoms with van der Waals surface area (Å²) in [6.45, 7) is 7.86. The lowest BCUT2D eigenvalue weighted by molar-refractivity contribution is -0.337. The highest BCUT2D eigenvalue weighted by Crippen LogP contribution is 2.64. The molecule has 1 aromatic carbocycles. The normalized spacial score (nSPS) is 43.4. The minimum atomic E-state index is -1.94. The van der Waals surface area contributed by atoms with Gasteiger partial charge in [-0.25, -0.2) is 4.79 Å². The highest BCUT2D eigenvalue weighted by Gasteiger charge is 2.77. The summed E-state index contributed by atoms with van der Waals surface area (Å²) in [6, 6.07) is 8.26. The zero-order valence-corrected chi connectivity index (χ0v) is 22.4. The van der Waals surface area contributed by atoms with Crippen molar-refractivity contribution in [3.05, 3.63) is 35.9 Å². The van der Waals surface area contributed by atoms with Gasteiger partial charge in [0, 0.05) is 30.1 Å². The number of carbonyl (C=O) groups excluding carboxylic acids is 4. The summed E-state index contributed by atoms with van der Waals surface area (Å²) in [5.41, 5.74) is -5.81. The summed E-state index contributed by atoms with van der Waals surface area (Å²) in [7, 11) is 0. The van der Waals surface area contributed by atoms with Gasteiger partial charge in [0.25, 0.3) is 0 Å². The molecule has 4 fully saturated rings. The lowest BCUT2D eigenvalue weighted by Crippen LogP contribution is -2.80. The van der Waals surface area contributed by atoms with Crippen molar-refractivity contribution >= 4 is 23.5 Å². The van der Waals surface area contributed by atoms with Crippen LogP contribution in [-0.2, 0) is 28.6 Å². The third-order valence-electron chi connectivity index (χ3n) is 10.1. The van der Waals surface area contributed by atoms with Gasteiger partial charge in [0.05, 0.1) is 24.2 Å². The number of hydrogen-bond donors (Lipinski definition) is 2. The fourth-order valence-electron chi connectivity index (χ4n) is 7.97. The summed E-state index contributed by atoms with van der Waals surface area (Å²) in [5, 5.41) is 23.7. The van der Waals surface area contributed by atoms with E-state index in [0.29, 0.717) is 6.42 Å². The minimum Gasteiger partial charge on any atom is -0.455 e. The number of rotatable bonds is 3. The van der Waals surface area contributed by atoms with Gasteiger partial charge in [-0.3, -0.25) is 14.4 Å². The van der Waals surface area contributed by atoms with Crippen LogP contribution >= 0.6 is 0 Å². The molecular weight excluding hydrogens is 492 g/mol. The van der Waals surface area contributed by atoms with Crippen molar-refractivity contribution < 1.29 is 43.6 Å². The summed E-state index contributed by atoms with van der Waals surface area (Å²) in [4.78, 5) is 54.1. The molecular formula is C29H36O9. The molecule has 0 amide bonds. The van der Waals surface area contributed by atoms with Gasteiger partial charge in [-0.2, -0.15) is 0 Å². The number of ether oxygens (including phenoxy) is 3. The second kappa shape index (κ2) is 8.69. The molecule has 0 radical (unpaired) electrons. The van der Waals surface area contributed by atoms with Crippen LogP contribution in [-0.4, -0.2) is 69.8 Å². The quantitative estimate of drug-likeness (QED) is 0.447. The van der Waals surface area contributed by atoms with Crippen molar-refractivity contribution in [2.45, 2.75) is 83.4 Å². The molecule has 3 saturated carbocycles. The second-order valence-electron chi connectivity index (χ2n) is 12.4. The number of aliphatic hydroxyl groups is 2. The van der Waals surface area contributed by atoms with Crippen LogP contribution in [0.4, 0.5) is 0 Å². The van der Waals surface area contributed by atoms with Crippen LogP contribution in [0.2, 0.25) is 0 Å². The predicted molar refractivity (Wildman–Crippen MR) is 133 cm³/mol. The van der Waals surface area contributed by atoms with E-state index in [1.807, 2.05) is 0 Å². The van der Waals surface area contributed by atoms with E-state index >= 15 is 0 Å². The first-order valence-electron chi connectivity index (χ1n) is 13.3. The fourth-order valence-corrected chi connectivity index (χ4v) is 7.97. The fraction of sp³-hybridized carbons (Fsp3) is 0.655. The highest BCUT2D eigenvalue weighted by molar-refractivity contribution is 6.40. The van der Waals surface area contributed by atoms with Crippen molar-refractivity contribution in [2.75, 3.05) is 6.61 Å². The van der Waals surface area contributed by atoms with Crippen LogP contribution in [0.5, 0.6) is 0 Å². The Morgan fingerprint density at radius 3 is 2.34 bits per heavy atom. The Balaban J connectivity index is 1.77. The number of benzene rings is 1. The van der Waals surface area contributed by atoms with Crippen LogP contribution in [0.15, 0.2) is 30.3 Å². The smallest absolute Gasteiger partial charge is 0.338 e. The average molecular weight is 529 g/mol. The summed E-state index contributed by atoms with van der Waals surface area (Å²) in [5.74, 6) is -5.40. The van der Waals surface area contributed by atoms with E-state index in [2.05, 4.69) is 0 Å². The molecule has 38 heavy (non-hydrogen) atoms. The maximum Gasteiger partial charge on any atom is 0.338 e. The second-order valence-corrected chi connectivity index (χ2v) is 12.4. The Morgan fingerprint density at radius 2 is 1.76 bits per heavy atom. The monoisotopic (exact) mass is 528 g/mol. The number of hydrogen-bond acceptors (Lipinski definition) is 9. The third-order valence-corrected chi connectivity index (χ3v) is 10.1. The number of ketones is 2. The molecule has 9 atom stereocenters. The zero-order valence-electron chi connectivity index (χ0n) is 22.4. The third kappa shape index (κ3) is 3.47. The highest BCUT2D eigenvalue weighted by atomic mass is 16.6. The van der Waals surface area contributed by atoms with E-state index in [4.69, 9.17) is 14.2 Å². The first-order chi connectivity index (χ1) is 17.7. The molecule has 0 aromatic heterocycles. The zero-order chi connectivity index (χ0) is 27.8. The van der Waals surface area contributed by atoms with Gasteiger partial charge >= 0.3 is 11.9 Å². The Kier molecular flexibility index (Phi) is 6.17. The summed E-state index contributed by atoms with van der Waals surface area (Å²) in [6.07, 6.45) is -2.76. The standard InChI is InChI=1S/C29H36O9/c1-15-18(31)13-29(35)24(37-25(34)17-9-7-6-8-10-17)22-27(5,23(33)21(32)20(15)26(29,3)4)12-11-19-28(22,14-36-19)38-16(2)30/h6-10,15,18-20,22,24,31,35H,11-14H2,1-5H3/t15?,18-,19+,20?,22-,24+,27+,28-,29+/m0/s1. The van der Waals surface area contributed by atoms with Crippen LogP contribution in [0.25, 0.3) is 0 Å². The lowest BCUT2D eigenvalue weighted by Gasteiger charge is -2.67. The molecule has 2 N–H and O–H groups in total. The molecule has 0 spiro atoms. The van der Waals surface area contributed by atoms with E-state index < -0.39 is 81.6 Å².